The maximum absolute atomic E-state index is 11.5. The first-order chi connectivity index (χ1) is 6.70. The van der Waals surface area contributed by atoms with Gasteiger partial charge in [0.05, 0.1) is 13.2 Å². The Hall–Kier alpha value is -1.29. The van der Waals surface area contributed by atoms with Gasteiger partial charge in [-0.15, -0.1) is 0 Å². The Kier molecular flexibility index (Phi) is 2.29. The summed E-state index contributed by atoms with van der Waals surface area (Å²) in [4.78, 5) is 11.5. The number of aliphatic hydroxyl groups is 1. The summed E-state index contributed by atoms with van der Waals surface area (Å²) in [5.74, 6) is -0.0503. The highest BCUT2D eigenvalue weighted by Gasteiger charge is 2.30. The van der Waals surface area contributed by atoms with E-state index in [1.165, 1.54) is 0 Å². The molecule has 2 rings (SSSR count). The Labute approximate surface area is 81.8 Å². The first-order valence-electron chi connectivity index (χ1n) is 4.62. The van der Waals surface area contributed by atoms with E-state index in [1.807, 2.05) is 0 Å². The molecule has 0 spiro atoms. The van der Waals surface area contributed by atoms with Crippen LogP contribution in [0.4, 0.5) is 0 Å². The van der Waals surface area contributed by atoms with Crippen LogP contribution < -0.4 is 0 Å². The van der Waals surface area contributed by atoms with E-state index in [1.54, 1.807) is 6.92 Å². The van der Waals surface area contributed by atoms with E-state index < -0.39 is 0 Å². The molecule has 2 aliphatic heterocycles. The minimum Gasteiger partial charge on any atom is -0.502 e. The van der Waals surface area contributed by atoms with Crippen LogP contribution in [0.25, 0.3) is 0 Å². The molecule has 0 bridgehead atoms. The lowest BCUT2D eigenvalue weighted by Gasteiger charge is -2.16. The van der Waals surface area contributed by atoms with Crippen LogP contribution in [-0.4, -0.2) is 24.1 Å². The molecular formula is C10H12O4. The third kappa shape index (κ3) is 1.42. The number of hydrogen-bond donors (Lipinski definition) is 1. The molecule has 0 aliphatic carbocycles. The van der Waals surface area contributed by atoms with Crippen molar-refractivity contribution in [3.8, 4) is 0 Å². The van der Waals surface area contributed by atoms with Gasteiger partial charge in [-0.2, -0.15) is 0 Å². The van der Waals surface area contributed by atoms with E-state index in [0.29, 0.717) is 37.6 Å². The van der Waals surface area contributed by atoms with Crippen LogP contribution in [0.15, 0.2) is 22.9 Å². The van der Waals surface area contributed by atoms with Crippen LogP contribution in [0.5, 0.6) is 0 Å². The molecule has 0 unspecified atom stereocenters. The van der Waals surface area contributed by atoms with E-state index in [4.69, 9.17) is 9.47 Å². The second kappa shape index (κ2) is 3.46. The van der Waals surface area contributed by atoms with Gasteiger partial charge in [0.25, 0.3) is 5.78 Å². The zero-order valence-corrected chi connectivity index (χ0v) is 8.00. The maximum atomic E-state index is 11.5. The second-order valence-electron chi connectivity index (χ2n) is 3.38. The highest BCUT2D eigenvalue weighted by Crippen LogP contribution is 2.29. The van der Waals surface area contributed by atoms with E-state index >= 15 is 0 Å². The van der Waals surface area contributed by atoms with E-state index in [2.05, 4.69) is 0 Å². The summed E-state index contributed by atoms with van der Waals surface area (Å²) < 4.78 is 10.4. The largest absolute Gasteiger partial charge is 0.502 e. The van der Waals surface area contributed by atoms with Gasteiger partial charge in [-0.05, 0) is 25.3 Å². The van der Waals surface area contributed by atoms with Gasteiger partial charge in [-0.1, -0.05) is 0 Å². The number of aliphatic hydroxyl groups excluding tert-OH is 1. The van der Waals surface area contributed by atoms with Gasteiger partial charge in [-0.25, -0.2) is 0 Å². The maximum Gasteiger partial charge on any atom is 0.265 e. The first-order valence-corrected chi connectivity index (χ1v) is 4.62. The fraction of sp³-hybridized carbons (Fsp3) is 0.500. The van der Waals surface area contributed by atoms with Crippen molar-refractivity contribution in [3.63, 3.8) is 0 Å². The molecule has 4 nitrogen and oxygen atoms in total. The fourth-order valence-electron chi connectivity index (χ4n) is 1.59. The van der Waals surface area contributed by atoms with Crippen LogP contribution in [0, 0.1) is 0 Å². The van der Waals surface area contributed by atoms with E-state index in [-0.39, 0.29) is 11.5 Å². The van der Waals surface area contributed by atoms with Gasteiger partial charge in [0.1, 0.15) is 5.76 Å². The fourth-order valence-corrected chi connectivity index (χ4v) is 1.59. The van der Waals surface area contributed by atoms with E-state index in [0.717, 1.165) is 5.57 Å². The third-order valence-corrected chi connectivity index (χ3v) is 2.43. The summed E-state index contributed by atoms with van der Waals surface area (Å²) in [6.45, 7) is 2.82. The highest BCUT2D eigenvalue weighted by atomic mass is 16.5. The van der Waals surface area contributed by atoms with Crippen molar-refractivity contribution < 1.29 is 19.4 Å². The topological polar surface area (TPSA) is 55.8 Å². The molecule has 0 aromatic carbocycles. The van der Waals surface area contributed by atoms with Crippen LogP contribution in [0.2, 0.25) is 0 Å². The zero-order chi connectivity index (χ0) is 10.1. The van der Waals surface area contributed by atoms with Crippen molar-refractivity contribution in [1.82, 2.24) is 0 Å². The monoisotopic (exact) mass is 196 g/mol. The normalized spacial score (nSPS) is 23.1. The number of ether oxygens (including phenoxy) is 2. The molecular weight excluding hydrogens is 184 g/mol. The Bertz CT molecular complexity index is 330. The molecule has 76 valence electrons. The molecule has 1 saturated heterocycles. The lowest BCUT2D eigenvalue weighted by atomic mass is 10.0. The first kappa shape index (κ1) is 9.27. The summed E-state index contributed by atoms with van der Waals surface area (Å²) in [5, 5.41) is 9.31. The smallest absolute Gasteiger partial charge is 0.265 e. The number of allylic oxidation sites excluding steroid dienone is 1. The van der Waals surface area contributed by atoms with Crippen molar-refractivity contribution in [2.24, 2.45) is 0 Å². The van der Waals surface area contributed by atoms with Crippen LogP contribution >= 0.6 is 0 Å². The Morgan fingerprint density at radius 3 is 2.43 bits per heavy atom. The summed E-state index contributed by atoms with van der Waals surface area (Å²) in [6.07, 6.45) is 1.42. The standard InChI is InChI=1S/C10H12O4/c1-6-8(11)9(12)10(14-6)7-2-4-13-5-3-7/h11H,2-5H2,1H3. The summed E-state index contributed by atoms with van der Waals surface area (Å²) >= 11 is 0. The molecule has 1 fully saturated rings. The number of carbonyl (C=O) groups excluding carboxylic acids is 1. The van der Waals surface area contributed by atoms with Gasteiger partial charge < -0.3 is 14.6 Å². The molecule has 0 atom stereocenters. The van der Waals surface area contributed by atoms with Crippen molar-refractivity contribution in [2.75, 3.05) is 13.2 Å². The Morgan fingerprint density at radius 1 is 1.29 bits per heavy atom. The average molecular weight is 196 g/mol. The van der Waals surface area contributed by atoms with Crippen molar-refractivity contribution in [2.45, 2.75) is 19.8 Å². The number of hydrogen-bond acceptors (Lipinski definition) is 4. The molecule has 14 heavy (non-hydrogen) atoms. The van der Waals surface area contributed by atoms with Crippen LogP contribution in [0.1, 0.15) is 19.8 Å². The summed E-state index contributed by atoms with van der Waals surface area (Å²) in [7, 11) is 0. The minimum absolute atomic E-state index is 0.265. The molecule has 1 N–H and O–H groups in total. The van der Waals surface area contributed by atoms with Gasteiger partial charge in [0, 0.05) is 0 Å². The van der Waals surface area contributed by atoms with Gasteiger partial charge >= 0.3 is 0 Å². The highest BCUT2D eigenvalue weighted by molar-refractivity contribution is 6.07. The van der Waals surface area contributed by atoms with Crippen LogP contribution in [0.3, 0.4) is 0 Å². The van der Waals surface area contributed by atoms with E-state index in [9.17, 15) is 9.90 Å². The molecule has 0 aromatic heterocycles. The Balaban J connectivity index is 2.25. The van der Waals surface area contributed by atoms with Gasteiger partial charge in [0.15, 0.2) is 5.76 Å². The predicted octanol–water partition coefficient (Wildman–Crippen LogP) is 1.44. The Morgan fingerprint density at radius 2 is 1.93 bits per heavy atom. The quantitative estimate of drug-likeness (QED) is 0.595. The molecule has 0 radical (unpaired) electrons. The minimum atomic E-state index is -0.389. The summed E-state index contributed by atoms with van der Waals surface area (Å²) in [6, 6.07) is 0. The molecule has 2 aliphatic rings. The number of carbonyl (C=O) groups is 1. The lowest BCUT2D eigenvalue weighted by molar-refractivity contribution is -0.115. The van der Waals surface area contributed by atoms with Gasteiger partial charge in [-0.3, -0.25) is 4.79 Å². The molecule has 0 aromatic rings. The van der Waals surface area contributed by atoms with Crippen molar-refractivity contribution in [3.05, 3.63) is 22.9 Å². The van der Waals surface area contributed by atoms with Gasteiger partial charge in [0.2, 0.25) is 5.76 Å². The number of Topliss-reactive ketones (excluding diaryl/α,β-unsaturated/α-hetero) is 1. The molecule has 0 amide bonds. The zero-order valence-electron chi connectivity index (χ0n) is 8.00. The third-order valence-electron chi connectivity index (χ3n) is 2.43. The SMILES string of the molecule is CC1=C(O)C(=O)C(=C2CCOCC2)O1. The molecule has 2 heterocycles. The number of rotatable bonds is 0. The van der Waals surface area contributed by atoms with Crippen LogP contribution in [-0.2, 0) is 14.3 Å². The lowest BCUT2D eigenvalue weighted by Crippen LogP contribution is -2.12. The average Bonchev–Trinajstić information content (AvgIpc) is 2.47. The second-order valence-corrected chi connectivity index (χ2v) is 3.38. The molecule has 0 saturated carbocycles. The van der Waals surface area contributed by atoms with Crippen molar-refractivity contribution >= 4 is 5.78 Å². The molecule has 4 heteroatoms. The number of ketones is 1. The summed E-state index contributed by atoms with van der Waals surface area (Å²) in [5.41, 5.74) is 0.949. The van der Waals surface area contributed by atoms with Crippen molar-refractivity contribution in [1.29, 1.82) is 0 Å². The predicted molar refractivity (Wildman–Crippen MR) is 48.5 cm³/mol.